The van der Waals surface area contributed by atoms with Crippen LogP contribution in [0, 0.1) is 18.7 Å². The summed E-state index contributed by atoms with van der Waals surface area (Å²) in [4.78, 5) is 0. The van der Waals surface area contributed by atoms with Gasteiger partial charge in [0.25, 0.3) is 0 Å². The second-order valence-corrected chi connectivity index (χ2v) is 5.29. The summed E-state index contributed by atoms with van der Waals surface area (Å²) in [5, 5.41) is 0. The summed E-state index contributed by atoms with van der Waals surface area (Å²) in [6.45, 7) is 1.80. The van der Waals surface area contributed by atoms with E-state index in [9.17, 15) is 4.39 Å². The van der Waals surface area contributed by atoms with Gasteiger partial charge in [0, 0.05) is 6.04 Å². The normalized spacial score (nSPS) is 19.9. The SMILES string of the molecule is Cc1cc(C(N)C2CCCCCC2)ccc1F. The zero-order valence-electron chi connectivity index (χ0n) is 10.6. The second kappa shape index (κ2) is 5.63. The highest BCUT2D eigenvalue weighted by Gasteiger charge is 2.21. The Balaban J connectivity index is 2.11. The van der Waals surface area contributed by atoms with Crippen molar-refractivity contribution in [1.29, 1.82) is 0 Å². The molecule has 2 rings (SSSR count). The Kier molecular flexibility index (Phi) is 4.16. The molecular weight excluding hydrogens is 213 g/mol. The van der Waals surface area contributed by atoms with Crippen molar-refractivity contribution < 1.29 is 4.39 Å². The van der Waals surface area contributed by atoms with E-state index in [1.165, 1.54) is 38.5 Å². The number of hydrogen-bond acceptors (Lipinski definition) is 1. The fourth-order valence-corrected chi connectivity index (χ4v) is 2.82. The van der Waals surface area contributed by atoms with Crippen LogP contribution in [0.1, 0.15) is 55.7 Å². The average Bonchev–Trinajstić information content (AvgIpc) is 2.60. The number of benzene rings is 1. The van der Waals surface area contributed by atoms with Gasteiger partial charge in [-0.2, -0.15) is 0 Å². The minimum Gasteiger partial charge on any atom is -0.324 e. The highest BCUT2D eigenvalue weighted by atomic mass is 19.1. The quantitative estimate of drug-likeness (QED) is 0.767. The van der Waals surface area contributed by atoms with Crippen LogP contribution in [0.5, 0.6) is 0 Å². The van der Waals surface area contributed by atoms with Gasteiger partial charge in [-0.25, -0.2) is 4.39 Å². The van der Waals surface area contributed by atoms with Gasteiger partial charge in [-0.3, -0.25) is 0 Å². The van der Waals surface area contributed by atoms with Crippen LogP contribution >= 0.6 is 0 Å². The maximum absolute atomic E-state index is 13.2. The van der Waals surface area contributed by atoms with E-state index in [0.717, 1.165) is 5.56 Å². The molecule has 0 radical (unpaired) electrons. The Labute approximate surface area is 103 Å². The molecule has 0 saturated heterocycles. The number of hydrogen-bond donors (Lipinski definition) is 1. The van der Waals surface area contributed by atoms with Crippen LogP contribution in [0.3, 0.4) is 0 Å². The minimum absolute atomic E-state index is 0.0763. The molecule has 0 aliphatic heterocycles. The molecule has 1 aliphatic carbocycles. The van der Waals surface area contributed by atoms with E-state index in [4.69, 9.17) is 5.73 Å². The molecule has 17 heavy (non-hydrogen) atoms. The van der Waals surface area contributed by atoms with E-state index in [2.05, 4.69) is 0 Å². The first-order valence-electron chi connectivity index (χ1n) is 6.70. The van der Waals surface area contributed by atoms with Gasteiger partial charge in [0.15, 0.2) is 0 Å². The summed E-state index contributed by atoms with van der Waals surface area (Å²) >= 11 is 0. The lowest BCUT2D eigenvalue weighted by molar-refractivity contribution is 0.382. The Morgan fingerprint density at radius 3 is 2.41 bits per heavy atom. The molecule has 1 aromatic rings. The molecule has 1 unspecified atom stereocenters. The molecule has 1 nitrogen and oxygen atoms in total. The van der Waals surface area contributed by atoms with Gasteiger partial charge in [-0.05, 0) is 42.9 Å². The first-order chi connectivity index (χ1) is 8.18. The van der Waals surface area contributed by atoms with Gasteiger partial charge in [-0.15, -0.1) is 0 Å². The van der Waals surface area contributed by atoms with E-state index < -0.39 is 0 Å². The fraction of sp³-hybridized carbons (Fsp3) is 0.600. The van der Waals surface area contributed by atoms with Crippen LogP contribution in [-0.4, -0.2) is 0 Å². The van der Waals surface area contributed by atoms with Crippen LogP contribution in [-0.2, 0) is 0 Å². The lowest BCUT2D eigenvalue weighted by Crippen LogP contribution is -2.21. The molecule has 1 saturated carbocycles. The zero-order chi connectivity index (χ0) is 12.3. The van der Waals surface area contributed by atoms with Gasteiger partial charge in [0.1, 0.15) is 5.82 Å². The van der Waals surface area contributed by atoms with Crippen molar-refractivity contribution >= 4 is 0 Å². The molecule has 0 bridgehead atoms. The van der Waals surface area contributed by atoms with Crippen molar-refractivity contribution in [3.05, 3.63) is 35.1 Å². The highest BCUT2D eigenvalue weighted by Crippen LogP contribution is 2.32. The Bertz CT molecular complexity index is 367. The number of rotatable bonds is 2. The lowest BCUT2D eigenvalue weighted by Gasteiger charge is -2.23. The first-order valence-corrected chi connectivity index (χ1v) is 6.70. The van der Waals surface area contributed by atoms with Crippen molar-refractivity contribution in [2.24, 2.45) is 11.7 Å². The van der Waals surface area contributed by atoms with Gasteiger partial charge in [0.05, 0.1) is 0 Å². The molecule has 0 amide bonds. The van der Waals surface area contributed by atoms with Gasteiger partial charge >= 0.3 is 0 Å². The number of nitrogens with two attached hydrogens (primary N) is 1. The predicted molar refractivity (Wildman–Crippen MR) is 69.3 cm³/mol. The molecule has 1 aliphatic rings. The van der Waals surface area contributed by atoms with Crippen molar-refractivity contribution in [3.63, 3.8) is 0 Å². The summed E-state index contributed by atoms with van der Waals surface area (Å²) in [5.74, 6) is 0.434. The summed E-state index contributed by atoms with van der Waals surface area (Å²) in [6, 6.07) is 5.37. The lowest BCUT2D eigenvalue weighted by atomic mass is 9.87. The topological polar surface area (TPSA) is 26.0 Å². The van der Waals surface area contributed by atoms with E-state index in [1.807, 2.05) is 12.1 Å². The number of halogens is 1. The van der Waals surface area contributed by atoms with Crippen molar-refractivity contribution in [2.75, 3.05) is 0 Å². The molecule has 1 atom stereocenters. The summed E-state index contributed by atoms with van der Waals surface area (Å²) in [7, 11) is 0. The number of aryl methyl sites for hydroxylation is 1. The molecule has 0 spiro atoms. The second-order valence-electron chi connectivity index (χ2n) is 5.29. The Morgan fingerprint density at radius 2 is 1.82 bits per heavy atom. The van der Waals surface area contributed by atoms with Crippen molar-refractivity contribution in [1.82, 2.24) is 0 Å². The van der Waals surface area contributed by atoms with Gasteiger partial charge in [0.2, 0.25) is 0 Å². The van der Waals surface area contributed by atoms with E-state index in [1.54, 1.807) is 13.0 Å². The molecule has 0 aromatic heterocycles. The molecule has 94 valence electrons. The largest absolute Gasteiger partial charge is 0.324 e. The first kappa shape index (κ1) is 12.6. The molecule has 0 heterocycles. The molecule has 2 N–H and O–H groups in total. The van der Waals surface area contributed by atoms with E-state index >= 15 is 0 Å². The Morgan fingerprint density at radius 1 is 1.18 bits per heavy atom. The predicted octanol–water partition coefficient (Wildman–Crippen LogP) is 4.10. The van der Waals surface area contributed by atoms with Crippen molar-refractivity contribution in [3.8, 4) is 0 Å². The monoisotopic (exact) mass is 235 g/mol. The van der Waals surface area contributed by atoms with Crippen LogP contribution in [0.25, 0.3) is 0 Å². The smallest absolute Gasteiger partial charge is 0.126 e. The van der Waals surface area contributed by atoms with E-state index in [-0.39, 0.29) is 11.9 Å². The third-order valence-electron chi connectivity index (χ3n) is 3.97. The third-order valence-corrected chi connectivity index (χ3v) is 3.97. The van der Waals surface area contributed by atoms with Gasteiger partial charge < -0.3 is 5.73 Å². The molecular formula is C15H22FN. The summed E-state index contributed by atoms with van der Waals surface area (Å²) in [5.41, 5.74) is 8.13. The zero-order valence-corrected chi connectivity index (χ0v) is 10.6. The third kappa shape index (κ3) is 3.06. The van der Waals surface area contributed by atoms with Crippen LogP contribution in [0.2, 0.25) is 0 Å². The van der Waals surface area contributed by atoms with E-state index in [0.29, 0.717) is 11.5 Å². The maximum Gasteiger partial charge on any atom is 0.126 e. The van der Waals surface area contributed by atoms with Crippen LogP contribution in [0.4, 0.5) is 4.39 Å². The molecule has 1 aromatic carbocycles. The maximum atomic E-state index is 13.2. The van der Waals surface area contributed by atoms with Crippen molar-refractivity contribution in [2.45, 2.75) is 51.5 Å². The Hall–Kier alpha value is -0.890. The summed E-state index contributed by atoms with van der Waals surface area (Å²) < 4.78 is 13.2. The average molecular weight is 235 g/mol. The highest BCUT2D eigenvalue weighted by molar-refractivity contribution is 5.26. The summed E-state index contributed by atoms with van der Waals surface area (Å²) in [6.07, 6.45) is 7.70. The standard InChI is InChI=1S/C15H22FN/c1-11-10-13(8-9-14(11)16)15(17)12-6-4-2-3-5-7-12/h8-10,12,15H,2-7,17H2,1H3. The van der Waals surface area contributed by atoms with Gasteiger partial charge in [-0.1, -0.05) is 37.8 Å². The minimum atomic E-state index is -0.137. The van der Waals surface area contributed by atoms with Crippen LogP contribution in [0.15, 0.2) is 18.2 Å². The molecule has 1 fully saturated rings. The molecule has 2 heteroatoms. The van der Waals surface area contributed by atoms with Crippen LogP contribution < -0.4 is 5.73 Å². The fourth-order valence-electron chi connectivity index (χ4n) is 2.82.